The van der Waals surface area contributed by atoms with Crippen molar-refractivity contribution in [1.29, 1.82) is 0 Å². The molecule has 0 amide bonds. The SMILES string of the molecule is Brc1cc(-c2ccccc2-c2ccccc2)c2ccc3ccc(-c4ccccc4-c4ccccc4)c4ccc1c2c34. The van der Waals surface area contributed by atoms with Crippen molar-refractivity contribution in [3.8, 4) is 44.5 Å². The van der Waals surface area contributed by atoms with Gasteiger partial charge in [0.1, 0.15) is 0 Å². The highest BCUT2D eigenvalue weighted by Crippen LogP contribution is 2.47. The summed E-state index contributed by atoms with van der Waals surface area (Å²) in [6.45, 7) is 0. The predicted molar refractivity (Wildman–Crippen MR) is 180 cm³/mol. The molecule has 0 radical (unpaired) electrons. The molecule has 8 rings (SSSR count). The molecule has 192 valence electrons. The molecule has 8 aromatic rings. The van der Waals surface area contributed by atoms with Gasteiger partial charge in [0.05, 0.1) is 0 Å². The van der Waals surface area contributed by atoms with E-state index in [2.05, 4.69) is 168 Å². The molecule has 0 bridgehead atoms. The first-order chi connectivity index (χ1) is 20.3. The van der Waals surface area contributed by atoms with Gasteiger partial charge >= 0.3 is 0 Å². The van der Waals surface area contributed by atoms with Crippen LogP contribution in [-0.2, 0) is 0 Å². The average Bonchev–Trinajstić information content (AvgIpc) is 3.05. The van der Waals surface area contributed by atoms with Crippen LogP contribution in [-0.4, -0.2) is 0 Å². The van der Waals surface area contributed by atoms with Crippen molar-refractivity contribution in [2.75, 3.05) is 0 Å². The fraction of sp³-hybridized carbons (Fsp3) is 0. The summed E-state index contributed by atoms with van der Waals surface area (Å²) >= 11 is 3.98. The highest BCUT2D eigenvalue weighted by Gasteiger charge is 2.19. The van der Waals surface area contributed by atoms with E-state index < -0.39 is 0 Å². The zero-order chi connectivity index (χ0) is 27.3. The van der Waals surface area contributed by atoms with Crippen LogP contribution in [0.15, 0.2) is 156 Å². The summed E-state index contributed by atoms with van der Waals surface area (Å²) in [7, 11) is 0. The van der Waals surface area contributed by atoms with E-state index in [-0.39, 0.29) is 0 Å². The predicted octanol–water partition coefficient (Wildman–Crippen LogP) is 12.0. The molecule has 0 fully saturated rings. The number of hydrogen-bond acceptors (Lipinski definition) is 0. The number of halogens is 1. The molecule has 41 heavy (non-hydrogen) atoms. The smallest absolute Gasteiger partial charge is 0.0260 e. The molecule has 0 N–H and O–H groups in total. The Kier molecular flexibility index (Phi) is 5.72. The molecule has 0 aliphatic carbocycles. The Hall–Kier alpha value is -4.72. The van der Waals surface area contributed by atoms with Crippen LogP contribution in [0, 0.1) is 0 Å². The van der Waals surface area contributed by atoms with Crippen LogP contribution in [0.5, 0.6) is 0 Å². The molecule has 8 aromatic carbocycles. The van der Waals surface area contributed by atoms with E-state index in [0.29, 0.717) is 0 Å². The highest BCUT2D eigenvalue weighted by atomic mass is 79.9. The van der Waals surface area contributed by atoms with E-state index in [1.165, 1.54) is 76.8 Å². The van der Waals surface area contributed by atoms with Crippen LogP contribution < -0.4 is 0 Å². The van der Waals surface area contributed by atoms with E-state index >= 15 is 0 Å². The summed E-state index contributed by atoms with van der Waals surface area (Å²) in [5.74, 6) is 0. The zero-order valence-corrected chi connectivity index (χ0v) is 23.9. The summed E-state index contributed by atoms with van der Waals surface area (Å²) in [6, 6.07) is 55.0. The molecule has 0 aliphatic heterocycles. The first-order valence-electron chi connectivity index (χ1n) is 14.0. The molecule has 0 aliphatic rings. The number of rotatable bonds is 4. The van der Waals surface area contributed by atoms with E-state index in [0.717, 1.165) is 4.47 Å². The first-order valence-corrected chi connectivity index (χ1v) is 14.8. The second-order valence-electron chi connectivity index (χ2n) is 10.6. The summed E-state index contributed by atoms with van der Waals surface area (Å²) < 4.78 is 1.12. The second kappa shape index (κ2) is 9.73. The Morgan fingerprint density at radius 3 is 1.41 bits per heavy atom. The quantitative estimate of drug-likeness (QED) is 0.180. The maximum Gasteiger partial charge on any atom is 0.0260 e. The van der Waals surface area contributed by atoms with Gasteiger partial charge < -0.3 is 0 Å². The fourth-order valence-corrected chi connectivity index (χ4v) is 7.05. The second-order valence-corrected chi connectivity index (χ2v) is 11.4. The maximum absolute atomic E-state index is 3.98. The summed E-state index contributed by atoms with van der Waals surface area (Å²) in [4.78, 5) is 0. The average molecular weight is 586 g/mol. The van der Waals surface area contributed by atoms with Crippen LogP contribution in [0.1, 0.15) is 0 Å². The van der Waals surface area contributed by atoms with Crippen LogP contribution in [0.4, 0.5) is 0 Å². The van der Waals surface area contributed by atoms with E-state index in [9.17, 15) is 0 Å². The third-order valence-electron chi connectivity index (χ3n) is 8.34. The van der Waals surface area contributed by atoms with Gasteiger partial charge in [0.2, 0.25) is 0 Å². The van der Waals surface area contributed by atoms with E-state index in [1.54, 1.807) is 0 Å². The van der Waals surface area contributed by atoms with Gasteiger partial charge in [0, 0.05) is 4.47 Å². The number of hydrogen-bond donors (Lipinski definition) is 0. The molecule has 0 heterocycles. The minimum atomic E-state index is 1.12. The monoisotopic (exact) mass is 584 g/mol. The van der Waals surface area contributed by atoms with Gasteiger partial charge in [-0.2, -0.15) is 0 Å². The van der Waals surface area contributed by atoms with E-state index in [1.807, 2.05) is 0 Å². The summed E-state index contributed by atoms with van der Waals surface area (Å²) in [5, 5.41) is 7.70. The van der Waals surface area contributed by atoms with Crippen molar-refractivity contribution in [3.05, 3.63) is 156 Å². The molecule has 0 nitrogen and oxygen atoms in total. The lowest BCUT2D eigenvalue weighted by Gasteiger charge is -2.19. The molecule has 0 atom stereocenters. The Morgan fingerprint density at radius 1 is 0.317 bits per heavy atom. The molecular formula is C40H25Br. The summed E-state index contributed by atoms with van der Waals surface area (Å²) in [5.41, 5.74) is 9.96. The first kappa shape index (κ1) is 24.1. The Morgan fingerprint density at radius 2 is 0.780 bits per heavy atom. The lowest BCUT2D eigenvalue weighted by atomic mass is 9.85. The maximum atomic E-state index is 3.98. The van der Waals surface area contributed by atoms with Gasteiger partial charge in [0.15, 0.2) is 0 Å². The molecule has 0 saturated carbocycles. The van der Waals surface area contributed by atoms with Crippen molar-refractivity contribution in [2.24, 2.45) is 0 Å². The third-order valence-corrected chi connectivity index (χ3v) is 8.99. The standard InChI is InChI=1S/C40H25Br/c41-38-25-37(32-18-10-8-16-30(32)27-13-5-2-6-14-27)35-22-20-28-19-21-33(34-23-24-36(38)40(35)39(28)34)31-17-9-7-15-29(31)26-11-3-1-4-12-26/h1-25H. The molecule has 0 saturated heterocycles. The van der Waals surface area contributed by atoms with Gasteiger partial charge in [-0.3, -0.25) is 0 Å². The van der Waals surface area contributed by atoms with Gasteiger partial charge in [-0.25, -0.2) is 0 Å². The Balaban J connectivity index is 1.44. The van der Waals surface area contributed by atoms with Gasteiger partial charge in [-0.15, -0.1) is 0 Å². The van der Waals surface area contributed by atoms with Crippen molar-refractivity contribution in [2.45, 2.75) is 0 Å². The van der Waals surface area contributed by atoms with Crippen LogP contribution in [0.2, 0.25) is 0 Å². The van der Waals surface area contributed by atoms with Crippen LogP contribution in [0.3, 0.4) is 0 Å². The molecular weight excluding hydrogens is 560 g/mol. The lowest BCUT2D eigenvalue weighted by molar-refractivity contribution is 1.59. The third kappa shape index (κ3) is 3.89. The Labute approximate surface area is 248 Å². The molecule has 0 spiro atoms. The molecule has 0 unspecified atom stereocenters. The van der Waals surface area contributed by atoms with Crippen molar-refractivity contribution < 1.29 is 0 Å². The van der Waals surface area contributed by atoms with Gasteiger partial charge in [-0.1, -0.05) is 162 Å². The topological polar surface area (TPSA) is 0 Å². The zero-order valence-electron chi connectivity index (χ0n) is 22.3. The molecule has 0 aromatic heterocycles. The van der Waals surface area contributed by atoms with Crippen LogP contribution in [0.25, 0.3) is 76.8 Å². The molecule has 1 heteroatoms. The largest absolute Gasteiger partial charge is 0.0622 e. The summed E-state index contributed by atoms with van der Waals surface area (Å²) in [6.07, 6.45) is 0. The van der Waals surface area contributed by atoms with Gasteiger partial charge in [-0.05, 0) is 82.9 Å². The fourth-order valence-electron chi connectivity index (χ4n) is 6.49. The minimum absolute atomic E-state index is 1.12. The van der Waals surface area contributed by atoms with Crippen molar-refractivity contribution >= 4 is 48.2 Å². The normalized spacial score (nSPS) is 11.5. The van der Waals surface area contributed by atoms with Crippen molar-refractivity contribution in [3.63, 3.8) is 0 Å². The minimum Gasteiger partial charge on any atom is -0.0622 e. The van der Waals surface area contributed by atoms with Crippen LogP contribution >= 0.6 is 15.9 Å². The van der Waals surface area contributed by atoms with Gasteiger partial charge in [0.25, 0.3) is 0 Å². The number of benzene rings is 8. The van der Waals surface area contributed by atoms with E-state index in [4.69, 9.17) is 0 Å². The highest BCUT2D eigenvalue weighted by molar-refractivity contribution is 9.10. The Bertz CT molecular complexity index is 2190. The van der Waals surface area contributed by atoms with Crippen molar-refractivity contribution in [1.82, 2.24) is 0 Å². The lowest BCUT2D eigenvalue weighted by Crippen LogP contribution is -1.92.